The summed E-state index contributed by atoms with van der Waals surface area (Å²) in [7, 11) is 0. The van der Waals surface area contributed by atoms with E-state index in [4.69, 9.17) is 0 Å². The van der Waals surface area contributed by atoms with Crippen LogP contribution in [-0.2, 0) is 17.6 Å². The van der Waals surface area contributed by atoms with Gasteiger partial charge in [-0.2, -0.15) is 13.2 Å². The molecule has 154 valence electrons. The van der Waals surface area contributed by atoms with Crippen molar-refractivity contribution in [1.29, 1.82) is 0 Å². The van der Waals surface area contributed by atoms with Gasteiger partial charge in [0.1, 0.15) is 6.04 Å². The number of nitrogens with zero attached hydrogens (tertiary/aromatic N) is 1. The molecular formula is C19H29ClF3N3O. The third-order valence-corrected chi connectivity index (χ3v) is 4.49. The molecule has 2 N–H and O–H groups in total. The number of rotatable bonds is 7. The van der Waals surface area contributed by atoms with E-state index in [1.807, 2.05) is 24.3 Å². The third kappa shape index (κ3) is 8.07. The van der Waals surface area contributed by atoms with Crippen molar-refractivity contribution in [2.45, 2.75) is 38.9 Å². The van der Waals surface area contributed by atoms with Crippen LogP contribution in [0.3, 0.4) is 0 Å². The van der Waals surface area contributed by atoms with E-state index < -0.39 is 18.8 Å². The maximum atomic E-state index is 13.3. The van der Waals surface area contributed by atoms with Crippen LogP contribution in [-0.4, -0.2) is 55.7 Å². The SMILES string of the molecule is CC(C)Cc1ccc(CC(=O)NCC(N2CCNCC2)C(F)(F)F)cc1.Cl. The first kappa shape index (κ1) is 23.7. The Labute approximate surface area is 165 Å². The molecule has 0 radical (unpaired) electrons. The summed E-state index contributed by atoms with van der Waals surface area (Å²) < 4.78 is 40.0. The monoisotopic (exact) mass is 407 g/mol. The lowest BCUT2D eigenvalue weighted by Crippen LogP contribution is -2.57. The van der Waals surface area contributed by atoms with Crippen molar-refractivity contribution in [1.82, 2.24) is 15.5 Å². The van der Waals surface area contributed by atoms with Crippen LogP contribution in [0.5, 0.6) is 0 Å². The van der Waals surface area contributed by atoms with E-state index in [0.717, 1.165) is 12.0 Å². The van der Waals surface area contributed by atoms with Crippen molar-refractivity contribution < 1.29 is 18.0 Å². The lowest BCUT2D eigenvalue weighted by atomic mass is 10.0. The molecule has 1 heterocycles. The first-order chi connectivity index (χ1) is 12.3. The van der Waals surface area contributed by atoms with Crippen LogP contribution < -0.4 is 10.6 Å². The number of halogens is 4. The second-order valence-electron chi connectivity index (χ2n) is 7.24. The normalized spacial score (nSPS) is 16.7. The fraction of sp³-hybridized carbons (Fsp3) is 0.632. The molecule has 1 aromatic carbocycles. The van der Waals surface area contributed by atoms with Crippen LogP contribution in [0.25, 0.3) is 0 Å². The Balaban J connectivity index is 0.00000364. The van der Waals surface area contributed by atoms with Gasteiger partial charge in [0.2, 0.25) is 5.91 Å². The Morgan fingerprint density at radius 1 is 1.15 bits per heavy atom. The molecule has 1 amide bonds. The molecule has 2 rings (SSSR count). The number of piperazine rings is 1. The number of carbonyl (C=O) groups is 1. The Bertz CT molecular complexity index is 573. The van der Waals surface area contributed by atoms with Gasteiger partial charge in [-0.3, -0.25) is 9.69 Å². The van der Waals surface area contributed by atoms with Crippen molar-refractivity contribution >= 4 is 18.3 Å². The number of carbonyl (C=O) groups excluding carboxylic acids is 1. The molecule has 1 aliphatic rings. The summed E-state index contributed by atoms with van der Waals surface area (Å²) in [5.41, 5.74) is 2.00. The first-order valence-corrected chi connectivity index (χ1v) is 9.11. The zero-order valence-electron chi connectivity index (χ0n) is 15.8. The highest BCUT2D eigenvalue weighted by molar-refractivity contribution is 5.85. The Kier molecular flexibility index (Phi) is 9.56. The summed E-state index contributed by atoms with van der Waals surface area (Å²) >= 11 is 0. The van der Waals surface area contributed by atoms with E-state index in [0.29, 0.717) is 32.1 Å². The summed E-state index contributed by atoms with van der Waals surface area (Å²) in [6.07, 6.45) is -3.30. The zero-order valence-corrected chi connectivity index (χ0v) is 16.6. The molecule has 4 nitrogen and oxygen atoms in total. The Hall–Kier alpha value is -1.31. The number of amides is 1. The van der Waals surface area contributed by atoms with E-state index in [9.17, 15) is 18.0 Å². The highest BCUT2D eigenvalue weighted by Crippen LogP contribution is 2.24. The minimum atomic E-state index is -4.36. The number of alkyl halides is 3. The molecule has 0 aromatic heterocycles. The summed E-state index contributed by atoms with van der Waals surface area (Å²) in [4.78, 5) is 13.5. The molecule has 1 fully saturated rings. The van der Waals surface area contributed by atoms with Crippen molar-refractivity contribution in [3.63, 3.8) is 0 Å². The van der Waals surface area contributed by atoms with E-state index >= 15 is 0 Å². The fourth-order valence-electron chi connectivity index (χ4n) is 3.17. The predicted octanol–water partition coefficient (Wildman–Crippen LogP) is 2.80. The highest BCUT2D eigenvalue weighted by atomic mass is 35.5. The summed E-state index contributed by atoms with van der Waals surface area (Å²) in [6.45, 7) is 5.59. The summed E-state index contributed by atoms with van der Waals surface area (Å²) in [6, 6.07) is 6.05. The van der Waals surface area contributed by atoms with Gasteiger partial charge in [-0.1, -0.05) is 38.1 Å². The maximum Gasteiger partial charge on any atom is 0.405 e. The molecular weight excluding hydrogens is 379 g/mol. The second kappa shape index (κ2) is 10.9. The molecule has 0 bridgehead atoms. The fourth-order valence-corrected chi connectivity index (χ4v) is 3.17. The van der Waals surface area contributed by atoms with Gasteiger partial charge in [-0.15, -0.1) is 12.4 Å². The van der Waals surface area contributed by atoms with Crippen molar-refractivity contribution in [2.75, 3.05) is 32.7 Å². The highest BCUT2D eigenvalue weighted by Gasteiger charge is 2.43. The Morgan fingerprint density at radius 2 is 1.70 bits per heavy atom. The number of hydrogen-bond acceptors (Lipinski definition) is 3. The summed E-state index contributed by atoms with van der Waals surface area (Å²) in [5, 5.41) is 5.50. The maximum absolute atomic E-state index is 13.3. The lowest BCUT2D eigenvalue weighted by Gasteiger charge is -2.35. The predicted molar refractivity (Wildman–Crippen MR) is 103 cm³/mol. The van der Waals surface area contributed by atoms with Gasteiger partial charge in [0.15, 0.2) is 0 Å². The number of benzene rings is 1. The number of nitrogens with one attached hydrogen (secondary N) is 2. The van der Waals surface area contributed by atoms with E-state index in [-0.39, 0.29) is 24.7 Å². The van der Waals surface area contributed by atoms with Crippen LogP contribution in [0.2, 0.25) is 0 Å². The van der Waals surface area contributed by atoms with Crippen LogP contribution in [0.1, 0.15) is 25.0 Å². The zero-order chi connectivity index (χ0) is 19.2. The molecule has 1 saturated heterocycles. The summed E-state index contributed by atoms with van der Waals surface area (Å²) in [5.74, 6) is 0.166. The minimum Gasteiger partial charge on any atom is -0.354 e. The average molecular weight is 408 g/mol. The van der Waals surface area contributed by atoms with Crippen molar-refractivity contribution in [3.8, 4) is 0 Å². The van der Waals surface area contributed by atoms with Gasteiger partial charge in [-0.05, 0) is 23.5 Å². The molecule has 0 saturated carbocycles. The van der Waals surface area contributed by atoms with Crippen LogP contribution in [0.15, 0.2) is 24.3 Å². The lowest BCUT2D eigenvalue weighted by molar-refractivity contribution is -0.184. The molecule has 8 heteroatoms. The minimum absolute atomic E-state index is 0. The van der Waals surface area contributed by atoms with Crippen molar-refractivity contribution in [3.05, 3.63) is 35.4 Å². The average Bonchev–Trinajstić information content (AvgIpc) is 2.56. The van der Waals surface area contributed by atoms with Gasteiger partial charge in [0, 0.05) is 32.7 Å². The van der Waals surface area contributed by atoms with Gasteiger partial charge >= 0.3 is 6.18 Å². The smallest absolute Gasteiger partial charge is 0.354 e. The standard InChI is InChI=1S/C19H28F3N3O.ClH/c1-14(2)11-15-3-5-16(6-4-15)12-18(26)24-13-17(19(20,21)22)25-9-7-23-8-10-25;/h3-6,14,17,23H,7-13H2,1-2H3,(H,24,26);1H. The van der Waals surface area contributed by atoms with E-state index in [1.165, 1.54) is 10.5 Å². The van der Waals surface area contributed by atoms with Gasteiger partial charge in [0.05, 0.1) is 6.42 Å². The van der Waals surface area contributed by atoms with Gasteiger partial charge in [-0.25, -0.2) is 0 Å². The van der Waals surface area contributed by atoms with E-state index in [1.54, 1.807) is 0 Å². The molecule has 1 atom stereocenters. The van der Waals surface area contributed by atoms with Crippen LogP contribution in [0.4, 0.5) is 13.2 Å². The molecule has 1 unspecified atom stereocenters. The van der Waals surface area contributed by atoms with Gasteiger partial charge < -0.3 is 10.6 Å². The van der Waals surface area contributed by atoms with E-state index in [2.05, 4.69) is 24.5 Å². The molecule has 1 aromatic rings. The topological polar surface area (TPSA) is 44.4 Å². The molecule has 27 heavy (non-hydrogen) atoms. The molecule has 0 aliphatic carbocycles. The second-order valence-corrected chi connectivity index (χ2v) is 7.24. The molecule has 1 aliphatic heterocycles. The van der Waals surface area contributed by atoms with Crippen LogP contribution in [0, 0.1) is 5.92 Å². The van der Waals surface area contributed by atoms with Crippen molar-refractivity contribution in [2.24, 2.45) is 5.92 Å². The number of hydrogen-bond donors (Lipinski definition) is 2. The largest absolute Gasteiger partial charge is 0.405 e. The third-order valence-electron chi connectivity index (χ3n) is 4.49. The van der Waals surface area contributed by atoms with Crippen LogP contribution >= 0.6 is 12.4 Å². The molecule has 0 spiro atoms. The quantitative estimate of drug-likeness (QED) is 0.730. The van der Waals surface area contributed by atoms with Gasteiger partial charge in [0.25, 0.3) is 0 Å². The first-order valence-electron chi connectivity index (χ1n) is 9.11. The Morgan fingerprint density at radius 3 is 2.22 bits per heavy atom.